The minimum atomic E-state index is 0.503. The van der Waals surface area contributed by atoms with Crippen molar-refractivity contribution in [2.75, 3.05) is 18.0 Å². The number of anilines is 1. The Balaban J connectivity index is 2.02. The van der Waals surface area contributed by atoms with Gasteiger partial charge in [-0.3, -0.25) is 0 Å². The second-order valence-electron chi connectivity index (χ2n) is 5.54. The molecule has 2 aromatic heterocycles. The van der Waals surface area contributed by atoms with Gasteiger partial charge in [-0.15, -0.1) is 0 Å². The second-order valence-corrected chi connectivity index (χ2v) is 5.54. The van der Waals surface area contributed by atoms with Crippen molar-refractivity contribution in [3.8, 4) is 0 Å². The molecule has 1 saturated heterocycles. The highest BCUT2D eigenvalue weighted by atomic mass is 15.2. The molecular weight excluding hydrogens is 238 g/mol. The van der Waals surface area contributed by atoms with Crippen LogP contribution in [0.3, 0.4) is 0 Å². The number of rotatable bonds is 2. The summed E-state index contributed by atoms with van der Waals surface area (Å²) in [6.45, 7) is 4.00. The lowest BCUT2D eigenvalue weighted by Crippen LogP contribution is -2.44. The van der Waals surface area contributed by atoms with Gasteiger partial charge in [-0.25, -0.2) is 9.97 Å². The fourth-order valence-corrected chi connectivity index (χ4v) is 2.93. The molecule has 0 spiro atoms. The number of nitrogens with two attached hydrogens (primary N) is 1. The first-order chi connectivity index (χ1) is 9.20. The molecule has 2 unspecified atom stereocenters. The number of imidazole rings is 1. The number of aryl methyl sites for hydroxylation is 1. The zero-order chi connectivity index (χ0) is 13.4. The van der Waals surface area contributed by atoms with Gasteiger partial charge >= 0.3 is 0 Å². The molecular formula is C14H21N5. The molecule has 0 saturated carbocycles. The highest BCUT2D eigenvalue weighted by Crippen LogP contribution is 2.30. The topological polar surface area (TPSA) is 60.0 Å². The molecule has 0 bridgehead atoms. The van der Waals surface area contributed by atoms with Crippen molar-refractivity contribution in [2.45, 2.75) is 25.8 Å². The zero-order valence-corrected chi connectivity index (χ0v) is 11.6. The van der Waals surface area contributed by atoms with E-state index in [4.69, 9.17) is 5.73 Å². The summed E-state index contributed by atoms with van der Waals surface area (Å²) >= 11 is 0. The quantitative estimate of drug-likeness (QED) is 0.888. The third-order valence-electron chi connectivity index (χ3n) is 4.21. The Hall–Kier alpha value is -1.62. The van der Waals surface area contributed by atoms with Crippen LogP contribution in [0.5, 0.6) is 0 Å². The smallest absolute Gasteiger partial charge is 0.156 e. The molecule has 0 radical (unpaired) electrons. The second kappa shape index (κ2) is 4.81. The highest BCUT2D eigenvalue weighted by Gasteiger charge is 2.27. The number of hydrogen-bond donors (Lipinski definition) is 1. The number of pyridine rings is 1. The number of aromatic nitrogens is 3. The van der Waals surface area contributed by atoms with E-state index in [0.717, 1.165) is 29.9 Å². The maximum Gasteiger partial charge on any atom is 0.156 e. The molecule has 19 heavy (non-hydrogen) atoms. The minimum absolute atomic E-state index is 0.503. The van der Waals surface area contributed by atoms with Crippen molar-refractivity contribution in [1.29, 1.82) is 0 Å². The van der Waals surface area contributed by atoms with Crippen LogP contribution in [-0.2, 0) is 7.05 Å². The first-order valence-corrected chi connectivity index (χ1v) is 6.93. The Morgan fingerprint density at radius 3 is 3.00 bits per heavy atom. The van der Waals surface area contributed by atoms with Gasteiger partial charge in [0.15, 0.2) is 5.82 Å². The van der Waals surface area contributed by atoms with Crippen LogP contribution in [0.15, 0.2) is 18.6 Å². The largest absolute Gasteiger partial charge is 0.352 e. The van der Waals surface area contributed by atoms with E-state index in [-0.39, 0.29) is 0 Å². The van der Waals surface area contributed by atoms with Crippen LogP contribution in [0.4, 0.5) is 5.82 Å². The lowest BCUT2D eigenvalue weighted by Gasteiger charge is -2.38. The van der Waals surface area contributed by atoms with Gasteiger partial charge in [-0.1, -0.05) is 0 Å². The van der Waals surface area contributed by atoms with E-state index < -0.39 is 0 Å². The third kappa shape index (κ3) is 2.08. The summed E-state index contributed by atoms with van der Waals surface area (Å²) in [5, 5.41) is 0. The predicted molar refractivity (Wildman–Crippen MR) is 77.1 cm³/mol. The summed E-state index contributed by atoms with van der Waals surface area (Å²) in [5.41, 5.74) is 7.97. The average molecular weight is 259 g/mol. The Kier molecular flexibility index (Phi) is 3.14. The maximum absolute atomic E-state index is 5.84. The number of fused-ring (bicyclic) bond motifs is 1. The zero-order valence-electron chi connectivity index (χ0n) is 11.6. The Labute approximate surface area is 113 Å². The molecule has 1 aliphatic heterocycles. The number of hydrogen-bond acceptors (Lipinski definition) is 4. The lowest BCUT2D eigenvalue weighted by molar-refractivity contribution is 0.372. The fourth-order valence-electron chi connectivity index (χ4n) is 2.93. The van der Waals surface area contributed by atoms with Gasteiger partial charge in [0.2, 0.25) is 0 Å². The molecule has 2 aromatic rings. The van der Waals surface area contributed by atoms with Crippen molar-refractivity contribution < 1.29 is 0 Å². The predicted octanol–water partition coefficient (Wildman–Crippen LogP) is 1.53. The van der Waals surface area contributed by atoms with Gasteiger partial charge in [-0.05, 0) is 38.3 Å². The number of nitrogens with zero attached hydrogens (tertiary/aromatic N) is 4. The van der Waals surface area contributed by atoms with E-state index in [9.17, 15) is 0 Å². The van der Waals surface area contributed by atoms with Crippen LogP contribution >= 0.6 is 0 Å². The van der Waals surface area contributed by atoms with E-state index in [1.807, 2.05) is 30.2 Å². The molecule has 5 nitrogen and oxygen atoms in total. The lowest BCUT2D eigenvalue weighted by atomic mass is 9.93. The minimum Gasteiger partial charge on any atom is -0.352 e. The van der Waals surface area contributed by atoms with Crippen LogP contribution in [0.25, 0.3) is 11.0 Å². The highest BCUT2D eigenvalue weighted by molar-refractivity contribution is 5.86. The molecule has 1 fully saturated rings. The summed E-state index contributed by atoms with van der Waals surface area (Å²) in [6, 6.07) is 2.52. The van der Waals surface area contributed by atoms with E-state index in [0.29, 0.717) is 12.0 Å². The molecule has 3 rings (SSSR count). The molecule has 0 aliphatic carbocycles. The van der Waals surface area contributed by atoms with Crippen LogP contribution in [0, 0.1) is 5.92 Å². The molecule has 0 aromatic carbocycles. The van der Waals surface area contributed by atoms with Crippen molar-refractivity contribution >= 4 is 16.9 Å². The molecule has 1 aliphatic rings. The molecule has 3 heterocycles. The Morgan fingerprint density at radius 2 is 2.21 bits per heavy atom. The van der Waals surface area contributed by atoms with Gasteiger partial charge < -0.3 is 15.2 Å². The van der Waals surface area contributed by atoms with E-state index in [1.54, 1.807) is 0 Å². The van der Waals surface area contributed by atoms with Gasteiger partial charge in [-0.2, -0.15) is 0 Å². The van der Waals surface area contributed by atoms with Crippen LogP contribution in [-0.4, -0.2) is 33.7 Å². The SMILES string of the molecule is CC1CCC(CN)CN1c1nccc2c1ncn2C. The third-order valence-corrected chi connectivity index (χ3v) is 4.21. The Morgan fingerprint density at radius 1 is 1.37 bits per heavy atom. The van der Waals surface area contributed by atoms with Gasteiger partial charge in [0.25, 0.3) is 0 Å². The molecule has 0 amide bonds. The van der Waals surface area contributed by atoms with Crippen LogP contribution < -0.4 is 10.6 Å². The van der Waals surface area contributed by atoms with Gasteiger partial charge in [0.1, 0.15) is 5.52 Å². The number of piperidine rings is 1. The van der Waals surface area contributed by atoms with E-state index in [1.165, 1.54) is 12.8 Å². The summed E-state index contributed by atoms with van der Waals surface area (Å²) in [7, 11) is 2.02. The summed E-state index contributed by atoms with van der Waals surface area (Å²) < 4.78 is 2.04. The van der Waals surface area contributed by atoms with Gasteiger partial charge in [0, 0.05) is 25.8 Å². The standard InChI is InChI=1S/C14H21N5/c1-10-3-4-11(7-15)8-19(10)14-13-12(5-6-16-14)18(2)9-17-13/h5-6,9-11H,3-4,7-8,15H2,1-2H3. The van der Waals surface area contributed by atoms with Crippen LogP contribution in [0.2, 0.25) is 0 Å². The van der Waals surface area contributed by atoms with Crippen molar-refractivity contribution in [2.24, 2.45) is 18.7 Å². The summed E-state index contributed by atoms with van der Waals surface area (Å²) in [5.74, 6) is 1.57. The molecule has 2 atom stereocenters. The Bertz CT molecular complexity index is 576. The normalized spacial score (nSPS) is 24.1. The summed E-state index contributed by atoms with van der Waals surface area (Å²) in [4.78, 5) is 11.4. The van der Waals surface area contributed by atoms with Crippen LogP contribution in [0.1, 0.15) is 19.8 Å². The summed E-state index contributed by atoms with van der Waals surface area (Å²) in [6.07, 6.45) is 6.11. The van der Waals surface area contributed by atoms with Crippen molar-refractivity contribution in [3.63, 3.8) is 0 Å². The first-order valence-electron chi connectivity index (χ1n) is 6.93. The monoisotopic (exact) mass is 259 g/mol. The van der Waals surface area contributed by atoms with Crippen molar-refractivity contribution in [1.82, 2.24) is 14.5 Å². The van der Waals surface area contributed by atoms with E-state index in [2.05, 4.69) is 21.8 Å². The fraction of sp³-hybridized carbons (Fsp3) is 0.571. The first kappa shape index (κ1) is 12.4. The molecule has 5 heteroatoms. The van der Waals surface area contributed by atoms with Gasteiger partial charge in [0.05, 0.1) is 11.8 Å². The van der Waals surface area contributed by atoms with Crippen molar-refractivity contribution in [3.05, 3.63) is 18.6 Å². The average Bonchev–Trinajstić information content (AvgIpc) is 2.81. The molecule has 2 N–H and O–H groups in total. The molecule has 102 valence electrons. The maximum atomic E-state index is 5.84. The van der Waals surface area contributed by atoms with E-state index >= 15 is 0 Å².